The first kappa shape index (κ1) is 14.7. The summed E-state index contributed by atoms with van der Waals surface area (Å²) in [6.45, 7) is 7.55. The van der Waals surface area contributed by atoms with Crippen molar-refractivity contribution in [2.75, 3.05) is 18.0 Å². The minimum atomic E-state index is 0.0168. The molecule has 1 saturated heterocycles. The Morgan fingerprint density at radius 2 is 2.27 bits per heavy atom. The highest BCUT2D eigenvalue weighted by Crippen LogP contribution is 2.24. The van der Waals surface area contributed by atoms with E-state index in [0.717, 1.165) is 30.9 Å². The maximum atomic E-state index is 12.3. The maximum Gasteiger partial charge on any atom is 0.254 e. The lowest BCUT2D eigenvalue weighted by Crippen LogP contribution is -2.45. The van der Waals surface area contributed by atoms with E-state index in [1.165, 1.54) is 6.33 Å². The van der Waals surface area contributed by atoms with Crippen molar-refractivity contribution in [1.29, 1.82) is 0 Å². The molecule has 0 radical (unpaired) electrons. The molecule has 1 fully saturated rings. The molecule has 7 heteroatoms. The second-order valence-electron chi connectivity index (χ2n) is 6.18. The average molecular weight is 302 g/mol. The zero-order valence-corrected chi connectivity index (χ0v) is 13.3. The van der Waals surface area contributed by atoms with E-state index in [4.69, 9.17) is 0 Å². The van der Waals surface area contributed by atoms with Gasteiger partial charge >= 0.3 is 0 Å². The Kier molecular flexibility index (Phi) is 3.96. The van der Waals surface area contributed by atoms with E-state index in [0.29, 0.717) is 12.3 Å². The van der Waals surface area contributed by atoms with Crippen LogP contribution in [-0.2, 0) is 4.79 Å². The summed E-state index contributed by atoms with van der Waals surface area (Å²) < 4.78 is 1.75. The normalized spacial score (nSPS) is 18.9. The Hall–Kier alpha value is -2.18. The Labute approximate surface area is 129 Å². The van der Waals surface area contributed by atoms with Crippen LogP contribution in [0.3, 0.4) is 0 Å². The largest absolute Gasteiger partial charge is 0.356 e. The second kappa shape index (κ2) is 5.90. The van der Waals surface area contributed by atoms with Gasteiger partial charge < -0.3 is 10.2 Å². The summed E-state index contributed by atoms with van der Waals surface area (Å²) in [4.78, 5) is 23.0. The highest BCUT2D eigenvalue weighted by Gasteiger charge is 2.27. The van der Waals surface area contributed by atoms with Crippen LogP contribution in [0.1, 0.15) is 32.4 Å². The molecular formula is C15H22N6O. The number of fused-ring (bicyclic) bond motifs is 1. The SMILES string of the molecule is Cc1cc(N2CCCC(C(=O)NC(C)C)C2)n2ncnc2n1. The summed E-state index contributed by atoms with van der Waals surface area (Å²) in [5, 5.41) is 7.27. The topological polar surface area (TPSA) is 75.4 Å². The number of aryl methyl sites for hydroxylation is 1. The quantitative estimate of drug-likeness (QED) is 0.921. The number of carbonyl (C=O) groups excluding carboxylic acids is 1. The number of hydrogen-bond acceptors (Lipinski definition) is 5. The minimum Gasteiger partial charge on any atom is -0.356 e. The number of anilines is 1. The van der Waals surface area contributed by atoms with Crippen LogP contribution < -0.4 is 10.2 Å². The summed E-state index contributed by atoms with van der Waals surface area (Å²) in [5.74, 6) is 1.72. The molecule has 1 amide bonds. The number of hydrogen-bond donors (Lipinski definition) is 1. The van der Waals surface area contributed by atoms with Gasteiger partial charge in [0, 0.05) is 30.9 Å². The number of aromatic nitrogens is 4. The van der Waals surface area contributed by atoms with E-state index in [2.05, 4.69) is 25.3 Å². The third kappa shape index (κ3) is 2.88. The molecule has 7 nitrogen and oxygen atoms in total. The number of amides is 1. The van der Waals surface area contributed by atoms with Gasteiger partial charge in [-0.3, -0.25) is 4.79 Å². The van der Waals surface area contributed by atoms with E-state index in [1.54, 1.807) is 4.52 Å². The number of nitrogens with one attached hydrogen (secondary N) is 1. The fraction of sp³-hybridized carbons (Fsp3) is 0.600. The second-order valence-corrected chi connectivity index (χ2v) is 6.18. The standard InChI is InChI=1S/C15H22N6O/c1-10(2)18-14(22)12-5-4-6-20(8-12)13-7-11(3)19-15-16-9-17-21(13)15/h7,9-10,12H,4-6,8H2,1-3H3,(H,18,22). The molecule has 3 heterocycles. The summed E-state index contributed by atoms with van der Waals surface area (Å²) in [7, 11) is 0. The van der Waals surface area contributed by atoms with Crippen LogP contribution in [0.5, 0.6) is 0 Å². The Balaban J connectivity index is 1.84. The first-order chi connectivity index (χ1) is 10.5. The van der Waals surface area contributed by atoms with Crippen LogP contribution in [0, 0.1) is 12.8 Å². The van der Waals surface area contributed by atoms with E-state index in [1.807, 2.05) is 26.8 Å². The van der Waals surface area contributed by atoms with Crippen molar-refractivity contribution in [3.63, 3.8) is 0 Å². The lowest BCUT2D eigenvalue weighted by Gasteiger charge is -2.33. The van der Waals surface area contributed by atoms with Crippen LogP contribution in [0.2, 0.25) is 0 Å². The predicted octanol–water partition coefficient (Wildman–Crippen LogP) is 1.17. The minimum absolute atomic E-state index is 0.0168. The van der Waals surface area contributed by atoms with Crippen LogP contribution in [0.25, 0.3) is 5.78 Å². The zero-order chi connectivity index (χ0) is 15.7. The van der Waals surface area contributed by atoms with Gasteiger partial charge in [-0.2, -0.15) is 14.6 Å². The molecule has 118 valence electrons. The van der Waals surface area contributed by atoms with Crippen molar-refractivity contribution in [3.05, 3.63) is 18.1 Å². The number of nitrogens with zero attached hydrogens (tertiary/aromatic N) is 5. The molecule has 1 N–H and O–H groups in total. The van der Waals surface area contributed by atoms with E-state index in [9.17, 15) is 4.79 Å². The van der Waals surface area contributed by atoms with E-state index >= 15 is 0 Å². The Morgan fingerprint density at radius 3 is 3.05 bits per heavy atom. The summed E-state index contributed by atoms with van der Waals surface area (Å²) in [6.07, 6.45) is 3.44. The fourth-order valence-electron chi connectivity index (χ4n) is 2.94. The summed E-state index contributed by atoms with van der Waals surface area (Å²) in [5.41, 5.74) is 0.907. The summed E-state index contributed by atoms with van der Waals surface area (Å²) in [6, 6.07) is 2.18. The summed E-state index contributed by atoms with van der Waals surface area (Å²) >= 11 is 0. The van der Waals surface area contributed by atoms with Gasteiger partial charge in [0.15, 0.2) is 0 Å². The molecule has 1 atom stereocenters. The van der Waals surface area contributed by atoms with Gasteiger partial charge in [-0.1, -0.05) is 0 Å². The highest BCUT2D eigenvalue weighted by molar-refractivity contribution is 5.79. The van der Waals surface area contributed by atoms with Crippen LogP contribution in [0.15, 0.2) is 12.4 Å². The van der Waals surface area contributed by atoms with Gasteiger partial charge in [0.05, 0.1) is 5.92 Å². The van der Waals surface area contributed by atoms with Crippen molar-refractivity contribution in [1.82, 2.24) is 24.9 Å². The van der Waals surface area contributed by atoms with E-state index in [-0.39, 0.29) is 17.9 Å². The Bertz CT molecular complexity index is 680. The van der Waals surface area contributed by atoms with Crippen LogP contribution in [-0.4, -0.2) is 44.6 Å². The van der Waals surface area contributed by atoms with Gasteiger partial charge in [0.1, 0.15) is 12.1 Å². The molecule has 0 aliphatic carbocycles. The van der Waals surface area contributed by atoms with E-state index < -0.39 is 0 Å². The fourth-order valence-corrected chi connectivity index (χ4v) is 2.94. The molecule has 0 bridgehead atoms. The van der Waals surface area contributed by atoms with Crippen molar-refractivity contribution < 1.29 is 4.79 Å². The molecule has 1 unspecified atom stereocenters. The lowest BCUT2D eigenvalue weighted by molar-refractivity contribution is -0.125. The lowest BCUT2D eigenvalue weighted by atomic mass is 9.97. The van der Waals surface area contributed by atoms with Gasteiger partial charge in [-0.15, -0.1) is 0 Å². The highest BCUT2D eigenvalue weighted by atomic mass is 16.2. The van der Waals surface area contributed by atoms with Gasteiger partial charge in [0.25, 0.3) is 5.78 Å². The number of carbonyl (C=O) groups is 1. The Morgan fingerprint density at radius 1 is 1.45 bits per heavy atom. The average Bonchev–Trinajstić information content (AvgIpc) is 2.94. The maximum absolute atomic E-state index is 12.3. The molecule has 3 rings (SSSR count). The third-order valence-electron chi connectivity index (χ3n) is 3.91. The molecule has 0 spiro atoms. The molecule has 1 aliphatic rings. The number of piperidine rings is 1. The van der Waals surface area contributed by atoms with Crippen molar-refractivity contribution >= 4 is 17.5 Å². The van der Waals surface area contributed by atoms with Crippen molar-refractivity contribution in [2.45, 2.75) is 39.7 Å². The molecule has 0 saturated carbocycles. The zero-order valence-electron chi connectivity index (χ0n) is 13.3. The smallest absolute Gasteiger partial charge is 0.254 e. The van der Waals surface area contributed by atoms with Crippen LogP contribution in [0.4, 0.5) is 5.82 Å². The predicted molar refractivity (Wildman–Crippen MR) is 83.7 cm³/mol. The number of rotatable bonds is 3. The molecular weight excluding hydrogens is 280 g/mol. The van der Waals surface area contributed by atoms with Crippen molar-refractivity contribution in [3.8, 4) is 0 Å². The first-order valence-electron chi connectivity index (χ1n) is 7.77. The first-order valence-corrected chi connectivity index (χ1v) is 7.77. The van der Waals surface area contributed by atoms with Crippen molar-refractivity contribution in [2.24, 2.45) is 5.92 Å². The molecule has 22 heavy (non-hydrogen) atoms. The molecule has 0 aromatic carbocycles. The van der Waals surface area contributed by atoms with Gasteiger partial charge in [0.2, 0.25) is 5.91 Å². The van der Waals surface area contributed by atoms with Gasteiger partial charge in [-0.05, 0) is 33.6 Å². The molecule has 1 aliphatic heterocycles. The monoisotopic (exact) mass is 302 g/mol. The third-order valence-corrected chi connectivity index (χ3v) is 3.91. The van der Waals surface area contributed by atoms with Crippen LogP contribution >= 0.6 is 0 Å². The van der Waals surface area contributed by atoms with Gasteiger partial charge in [-0.25, -0.2) is 4.98 Å². The molecule has 2 aromatic heterocycles. The molecule has 2 aromatic rings.